The minimum atomic E-state index is -4.39. The first-order valence-electron chi connectivity index (χ1n) is 8.88. The molecule has 2 aliphatic rings. The molecule has 1 amide bonds. The van der Waals surface area contributed by atoms with Crippen molar-refractivity contribution in [3.05, 3.63) is 46.7 Å². The normalized spacial score (nSPS) is 19.3. The van der Waals surface area contributed by atoms with Crippen LogP contribution in [0.15, 0.2) is 35.5 Å². The molecule has 1 aromatic rings. The number of carbonyl (C=O) groups is 1. The third kappa shape index (κ3) is 4.16. The van der Waals surface area contributed by atoms with Gasteiger partial charge in [-0.3, -0.25) is 10.2 Å². The Bertz CT molecular complexity index is 766. The number of likely N-dealkylation sites (tertiary alicyclic amines) is 1. The molecule has 0 aliphatic carbocycles. The van der Waals surface area contributed by atoms with Gasteiger partial charge in [0.05, 0.1) is 18.8 Å². The SMILES string of the molecule is N=C(C(=O)N1CCC(c2ccccc2C(F)(F)F)CC1)C1=C(N)CCOC1. The molecule has 0 aromatic heterocycles. The molecule has 0 bridgehead atoms. The number of rotatable bonds is 3. The van der Waals surface area contributed by atoms with E-state index in [9.17, 15) is 18.0 Å². The van der Waals surface area contributed by atoms with Crippen LogP contribution in [0.5, 0.6) is 0 Å². The van der Waals surface area contributed by atoms with E-state index in [4.69, 9.17) is 15.9 Å². The molecule has 8 heteroatoms. The zero-order valence-corrected chi connectivity index (χ0v) is 14.8. The van der Waals surface area contributed by atoms with Crippen molar-refractivity contribution < 1.29 is 22.7 Å². The summed E-state index contributed by atoms with van der Waals surface area (Å²) in [7, 11) is 0. The molecule has 1 aromatic carbocycles. The lowest BCUT2D eigenvalue weighted by Crippen LogP contribution is -2.43. The Morgan fingerprint density at radius 1 is 1.22 bits per heavy atom. The van der Waals surface area contributed by atoms with E-state index >= 15 is 0 Å². The van der Waals surface area contributed by atoms with Gasteiger partial charge in [-0.25, -0.2) is 0 Å². The Morgan fingerprint density at radius 2 is 1.89 bits per heavy atom. The van der Waals surface area contributed by atoms with Crippen LogP contribution in [-0.2, 0) is 15.7 Å². The monoisotopic (exact) mass is 381 g/mol. The second kappa shape index (κ2) is 7.72. The molecule has 0 spiro atoms. The van der Waals surface area contributed by atoms with Gasteiger partial charge in [-0.1, -0.05) is 18.2 Å². The van der Waals surface area contributed by atoms with Crippen LogP contribution in [-0.4, -0.2) is 42.8 Å². The van der Waals surface area contributed by atoms with Crippen molar-refractivity contribution >= 4 is 11.6 Å². The standard InChI is InChI=1S/C19H22F3N3O2/c20-19(21,22)15-4-2-1-3-13(15)12-5-8-25(9-6-12)18(26)17(24)14-11-27-10-7-16(14)23/h1-4,12,24H,5-11,23H2. The van der Waals surface area contributed by atoms with Gasteiger partial charge in [0.15, 0.2) is 0 Å². The third-order valence-electron chi connectivity index (χ3n) is 5.15. The number of carbonyl (C=O) groups excluding carboxylic acids is 1. The van der Waals surface area contributed by atoms with Crippen molar-refractivity contribution in [3.63, 3.8) is 0 Å². The van der Waals surface area contributed by atoms with Crippen LogP contribution in [0, 0.1) is 5.41 Å². The van der Waals surface area contributed by atoms with Crippen LogP contribution in [0.2, 0.25) is 0 Å². The van der Waals surface area contributed by atoms with Gasteiger partial charge in [0.2, 0.25) is 0 Å². The molecule has 1 saturated heterocycles. The number of hydrogen-bond acceptors (Lipinski definition) is 4. The van der Waals surface area contributed by atoms with Gasteiger partial charge in [0.1, 0.15) is 5.71 Å². The number of alkyl halides is 3. The Hall–Kier alpha value is -2.35. The van der Waals surface area contributed by atoms with Gasteiger partial charge in [-0.05, 0) is 30.4 Å². The third-order valence-corrected chi connectivity index (χ3v) is 5.15. The molecule has 1 fully saturated rings. The molecule has 0 unspecified atom stereocenters. The van der Waals surface area contributed by atoms with Gasteiger partial charge in [-0.15, -0.1) is 0 Å². The zero-order valence-electron chi connectivity index (χ0n) is 14.8. The van der Waals surface area contributed by atoms with E-state index in [0.29, 0.717) is 50.2 Å². The largest absolute Gasteiger partial charge is 0.416 e. The lowest BCUT2D eigenvalue weighted by atomic mass is 9.86. The summed E-state index contributed by atoms with van der Waals surface area (Å²) in [5.41, 5.74) is 6.28. The van der Waals surface area contributed by atoms with Crippen LogP contribution in [0.1, 0.15) is 36.3 Å². The second-order valence-corrected chi connectivity index (χ2v) is 6.83. The van der Waals surface area contributed by atoms with E-state index < -0.39 is 17.6 Å². The van der Waals surface area contributed by atoms with Gasteiger partial charge in [0.25, 0.3) is 5.91 Å². The fraction of sp³-hybridized carbons (Fsp3) is 0.474. The van der Waals surface area contributed by atoms with Gasteiger partial charge in [0, 0.05) is 30.8 Å². The minimum absolute atomic E-state index is 0.145. The summed E-state index contributed by atoms with van der Waals surface area (Å²) in [5.74, 6) is -0.704. The van der Waals surface area contributed by atoms with Crippen molar-refractivity contribution in [2.45, 2.75) is 31.4 Å². The van der Waals surface area contributed by atoms with Crippen molar-refractivity contribution in [1.29, 1.82) is 5.41 Å². The first-order valence-corrected chi connectivity index (χ1v) is 8.88. The quantitative estimate of drug-likeness (QED) is 0.790. The van der Waals surface area contributed by atoms with Gasteiger partial charge >= 0.3 is 6.18 Å². The summed E-state index contributed by atoms with van der Waals surface area (Å²) < 4.78 is 45.0. The van der Waals surface area contributed by atoms with Crippen LogP contribution in [0.25, 0.3) is 0 Å². The second-order valence-electron chi connectivity index (χ2n) is 6.83. The summed E-state index contributed by atoms with van der Waals surface area (Å²) in [5, 5.41) is 8.13. The van der Waals surface area contributed by atoms with E-state index in [0.717, 1.165) is 6.07 Å². The Kier molecular flexibility index (Phi) is 5.55. The number of halogens is 3. The lowest BCUT2D eigenvalue weighted by Gasteiger charge is -2.33. The molecule has 27 heavy (non-hydrogen) atoms. The number of hydrogen-bond donors (Lipinski definition) is 2. The number of piperidine rings is 1. The Morgan fingerprint density at radius 3 is 2.52 bits per heavy atom. The van der Waals surface area contributed by atoms with Crippen LogP contribution >= 0.6 is 0 Å². The molecule has 146 valence electrons. The first-order chi connectivity index (χ1) is 12.8. The number of nitrogens with two attached hydrogens (primary N) is 1. The van der Waals surface area contributed by atoms with E-state index in [2.05, 4.69) is 0 Å². The highest BCUT2D eigenvalue weighted by molar-refractivity contribution is 6.44. The molecule has 0 saturated carbocycles. The number of amides is 1. The number of ether oxygens (including phenoxy) is 1. The van der Waals surface area contributed by atoms with E-state index in [1.807, 2.05) is 0 Å². The van der Waals surface area contributed by atoms with Crippen LogP contribution in [0.3, 0.4) is 0 Å². The first kappa shape index (κ1) is 19.4. The fourth-order valence-corrected chi connectivity index (χ4v) is 3.62. The molecule has 2 heterocycles. The van der Waals surface area contributed by atoms with E-state index in [1.165, 1.54) is 17.0 Å². The zero-order chi connectivity index (χ0) is 19.6. The van der Waals surface area contributed by atoms with Crippen molar-refractivity contribution in [2.24, 2.45) is 5.73 Å². The predicted molar refractivity (Wildman–Crippen MR) is 94.4 cm³/mol. The summed E-state index contributed by atoms with van der Waals surface area (Å²) in [4.78, 5) is 14.1. The van der Waals surface area contributed by atoms with Gasteiger partial charge < -0.3 is 15.4 Å². The lowest BCUT2D eigenvalue weighted by molar-refractivity contribution is -0.138. The summed E-state index contributed by atoms with van der Waals surface area (Å²) >= 11 is 0. The molecule has 0 radical (unpaired) electrons. The summed E-state index contributed by atoms with van der Waals surface area (Å²) in [6, 6.07) is 5.60. The van der Waals surface area contributed by atoms with Gasteiger partial charge in [-0.2, -0.15) is 13.2 Å². The smallest absolute Gasteiger partial charge is 0.402 e. The highest BCUT2D eigenvalue weighted by atomic mass is 19.4. The van der Waals surface area contributed by atoms with Crippen molar-refractivity contribution in [3.8, 4) is 0 Å². The maximum atomic E-state index is 13.2. The van der Waals surface area contributed by atoms with E-state index in [-0.39, 0.29) is 23.8 Å². The highest BCUT2D eigenvalue weighted by Gasteiger charge is 2.36. The number of nitrogens with zero attached hydrogens (tertiary/aromatic N) is 1. The average Bonchev–Trinajstić information content (AvgIpc) is 2.67. The summed E-state index contributed by atoms with van der Waals surface area (Å²) in [6.07, 6.45) is -3.05. The molecule has 0 atom stereocenters. The number of nitrogens with one attached hydrogen (secondary N) is 1. The molecule has 3 N–H and O–H groups in total. The fourth-order valence-electron chi connectivity index (χ4n) is 3.62. The van der Waals surface area contributed by atoms with Crippen LogP contribution in [0.4, 0.5) is 13.2 Å². The maximum absolute atomic E-state index is 13.2. The average molecular weight is 381 g/mol. The van der Waals surface area contributed by atoms with Crippen LogP contribution < -0.4 is 5.73 Å². The van der Waals surface area contributed by atoms with Crippen molar-refractivity contribution in [1.82, 2.24) is 4.90 Å². The Balaban J connectivity index is 1.68. The highest BCUT2D eigenvalue weighted by Crippen LogP contribution is 2.38. The molecular formula is C19H22F3N3O2. The maximum Gasteiger partial charge on any atom is 0.416 e. The Labute approximate surface area is 155 Å². The molecule has 5 nitrogen and oxygen atoms in total. The molecule has 2 aliphatic heterocycles. The predicted octanol–water partition coefficient (Wildman–Crippen LogP) is 3.06. The topological polar surface area (TPSA) is 79.4 Å². The molecule has 3 rings (SSSR count). The minimum Gasteiger partial charge on any atom is -0.402 e. The summed E-state index contributed by atoms with van der Waals surface area (Å²) in [6.45, 7) is 1.24. The van der Waals surface area contributed by atoms with E-state index in [1.54, 1.807) is 6.07 Å². The molecular weight excluding hydrogens is 359 g/mol. The van der Waals surface area contributed by atoms with Crippen molar-refractivity contribution in [2.75, 3.05) is 26.3 Å². The number of benzene rings is 1.